The molecule has 0 unspecified atom stereocenters. The van der Waals surface area contributed by atoms with Crippen LogP contribution in [0.4, 0.5) is 15.8 Å². The van der Waals surface area contributed by atoms with E-state index < -0.39 is 20.7 Å². The van der Waals surface area contributed by atoms with Crippen LogP contribution in [-0.4, -0.2) is 18.6 Å². The highest BCUT2D eigenvalue weighted by Crippen LogP contribution is 2.25. The van der Waals surface area contributed by atoms with E-state index in [9.17, 15) is 12.8 Å². The number of anilines is 2. The average molecular weight is 306 g/mol. The minimum atomic E-state index is -4.08. The fraction of sp³-hybridized carbons (Fsp3) is 0. The number of nitrogens with one attached hydrogen (secondary N) is 2. The van der Waals surface area contributed by atoms with Crippen LogP contribution in [0.3, 0.4) is 0 Å². The van der Waals surface area contributed by atoms with Crippen LogP contribution in [0.5, 0.6) is 0 Å². The van der Waals surface area contributed by atoms with Crippen molar-refractivity contribution >= 4 is 32.3 Å². The van der Waals surface area contributed by atoms with Gasteiger partial charge in [0, 0.05) is 11.1 Å². The molecule has 6 nitrogen and oxygen atoms in total. The second-order valence-corrected chi connectivity index (χ2v) is 6.08. The molecular formula is C13H11FN4O2S. The maximum absolute atomic E-state index is 13.7. The van der Waals surface area contributed by atoms with E-state index in [1.165, 1.54) is 12.3 Å². The maximum atomic E-state index is 13.7. The van der Waals surface area contributed by atoms with Crippen LogP contribution in [0.1, 0.15) is 0 Å². The van der Waals surface area contributed by atoms with Crippen LogP contribution in [-0.2, 0) is 10.0 Å². The van der Waals surface area contributed by atoms with Gasteiger partial charge in [0.25, 0.3) is 10.0 Å². The maximum Gasteiger partial charge on any atom is 0.264 e. The third-order valence-corrected chi connectivity index (χ3v) is 4.35. The van der Waals surface area contributed by atoms with Crippen LogP contribution in [0.2, 0.25) is 0 Å². The highest BCUT2D eigenvalue weighted by Gasteiger charge is 2.20. The molecule has 8 heteroatoms. The first-order valence-electron chi connectivity index (χ1n) is 5.97. The monoisotopic (exact) mass is 306 g/mol. The number of sulfonamides is 1. The molecule has 3 aromatic rings. The van der Waals surface area contributed by atoms with Crippen molar-refractivity contribution in [2.75, 3.05) is 10.5 Å². The van der Waals surface area contributed by atoms with E-state index in [-0.39, 0.29) is 5.69 Å². The summed E-state index contributed by atoms with van der Waals surface area (Å²) in [6.07, 6.45) is 1.49. The van der Waals surface area contributed by atoms with E-state index in [4.69, 9.17) is 5.73 Å². The predicted octanol–water partition coefficient (Wildman–Crippen LogP) is 2.08. The van der Waals surface area contributed by atoms with Gasteiger partial charge in [-0.1, -0.05) is 6.07 Å². The molecule has 0 radical (unpaired) electrons. The minimum Gasteiger partial charge on any atom is -0.399 e. The molecule has 0 saturated heterocycles. The summed E-state index contributed by atoms with van der Waals surface area (Å²) in [5, 5.41) is 7.16. The number of nitrogens with zero attached hydrogens (tertiary/aromatic N) is 1. The summed E-state index contributed by atoms with van der Waals surface area (Å²) >= 11 is 0. The fourth-order valence-corrected chi connectivity index (χ4v) is 3.18. The molecule has 0 aliphatic rings. The Bertz CT molecular complexity index is 921. The van der Waals surface area contributed by atoms with Crippen LogP contribution in [0.15, 0.2) is 47.5 Å². The lowest BCUT2D eigenvalue weighted by Crippen LogP contribution is -2.15. The number of nitrogens with two attached hydrogens (primary N) is 1. The van der Waals surface area contributed by atoms with Gasteiger partial charge in [-0.05, 0) is 30.3 Å². The number of halogens is 1. The van der Waals surface area contributed by atoms with E-state index in [2.05, 4.69) is 14.9 Å². The van der Waals surface area contributed by atoms with Gasteiger partial charge in [-0.2, -0.15) is 5.10 Å². The largest absolute Gasteiger partial charge is 0.399 e. The summed E-state index contributed by atoms with van der Waals surface area (Å²) in [5.41, 5.74) is 6.66. The zero-order chi connectivity index (χ0) is 15.0. The highest BCUT2D eigenvalue weighted by atomic mass is 32.2. The third-order valence-electron chi connectivity index (χ3n) is 2.97. The number of hydrogen-bond donors (Lipinski definition) is 3. The second-order valence-electron chi connectivity index (χ2n) is 4.43. The zero-order valence-corrected chi connectivity index (χ0v) is 11.5. The first kappa shape index (κ1) is 13.4. The second kappa shape index (κ2) is 4.74. The van der Waals surface area contributed by atoms with Gasteiger partial charge < -0.3 is 5.73 Å². The van der Waals surface area contributed by atoms with Crippen LogP contribution >= 0.6 is 0 Å². The SMILES string of the molecule is Nc1ccc(F)c(S(=O)(=O)Nc2cccc3[nH]ncc23)c1. The molecule has 4 N–H and O–H groups in total. The van der Waals surface area contributed by atoms with Gasteiger partial charge in [-0.25, -0.2) is 12.8 Å². The lowest BCUT2D eigenvalue weighted by Gasteiger charge is -2.10. The normalized spacial score (nSPS) is 11.7. The highest BCUT2D eigenvalue weighted by molar-refractivity contribution is 7.92. The summed E-state index contributed by atoms with van der Waals surface area (Å²) in [6.45, 7) is 0. The van der Waals surface area contributed by atoms with Gasteiger partial charge in [0.05, 0.1) is 17.4 Å². The lowest BCUT2D eigenvalue weighted by molar-refractivity contribution is 0.570. The van der Waals surface area contributed by atoms with Crippen molar-refractivity contribution in [3.8, 4) is 0 Å². The van der Waals surface area contributed by atoms with Gasteiger partial charge >= 0.3 is 0 Å². The summed E-state index contributed by atoms with van der Waals surface area (Å²) < 4.78 is 40.7. The number of aromatic amines is 1. The van der Waals surface area contributed by atoms with Crippen molar-refractivity contribution in [1.29, 1.82) is 0 Å². The lowest BCUT2D eigenvalue weighted by atomic mass is 10.2. The van der Waals surface area contributed by atoms with Crippen molar-refractivity contribution in [1.82, 2.24) is 10.2 Å². The molecular weight excluding hydrogens is 295 g/mol. The van der Waals surface area contributed by atoms with Crippen molar-refractivity contribution in [2.45, 2.75) is 4.90 Å². The number of benzene rings is 2. The molecule has 0 bridgehead atoms. The summed E-state index contributed by atoms with van der Waals surface area (Å²) in [5.74, 6) is -0.865. The predicted molar refractivity (Wildman–Crippen MR) is 77.7 cm³/mol. The topological polar surface area (TPSA) is 101 Å². The third kappa shape index (κ3) is 2.40. The van der Waals surface area contributed by atoms with Gasteiger partial charge in [-0.3, -0.25) is 9.82 Å². The summed E-state index contributed by atoms with van der Waals surface area (Å²) in [4.78, 5) is -0.497. The Kier molecular flexibility index (Phi) is 3.02. The molecule has 2 aromatic carbocycles. The molecule has 21 heavy (non-hydrogen) atoms. The quantitative estimate of drug-likeness (QED) is 0.645. The standard InChI is InChI=1S/C13H11FN4O2S/c14-10-5-4-8(15)6-13(10)21(19,20)18-12-3-1-2-11-9(12)7-16-17-11/h1-7,18H,15H2,(H,16,17). The number of hydrogen-bond acceptors (Lipinski definition) is 4. The molecule has 0 fully saturated rings. The number of rotatable bonds is 3. The zero-order valence-electron chi connectivity index (χ0n) is 10.7. The van der Waals surface area contributed by atoms with E-state index >= 15 is 0 Å². The first-order chi connectivity index (χ1) is 9.97. The summed E-state index contributed by atoms with van der Waals surface area (Å²) in [7, 11) is -4.08. The Hall–Kier alpha value is -2.61. The molecule has 0 amide bonds. The molecule has 0 saturated carbocycles. The van der Waals surface area contributed by atoms with Crippen molar-refractivity contribution in [3.63, 3.8) is 0 Å². The molecule has 0 atom stereocenters. The van der Waals surface area contributed by atoms with Crippen LogP contribution in [0, 0.1) is 5.82 Å². The number of fused-ring (bicyclic) bond motifs is 1. The number of H-pyrrole nitrogens is 1. The summed E-state index contributed by atoms with van der Waals surface area (Å²) in [6, 6.07) is 8.37. The molecule has 1 aromatic heterocycles. The minimum absolute atomic E-state index is 0.165. The van der Waals surface area contributed by atoms with Crippen molar-refractivity contribution < 1.29 is 12.8 Å². The van der Waals surface area contributed by atoms with E-state index in [0.717, 1.165) is 12.1 Å². The van der Waals surface area contributed by atoms with Crippen LogP contribution < -0.4 is 10.5 Å². The van der Waals surface area contributed by atoms with Crippen LogP contribution in [0.25, 0.3) is 10.9 Å². The average Bonchev–Trinajstić information content (AvgIpc) is 2.90. The molecule has 0 spiro atoms. The molecule has 0 aliphatic heterocycles. The fourth-order valence-electron chi connectivity index (χ4n) is 1.98. The number of aromatic nitrogens is 2. The van der Waals surface area contributed by atoms with Gasteiger partial charge in [0.15, 0.2) is 0 Å². The Labute approximate surface area is 119 Å². The Morgan fingerprint density at radius 2 is 2.05 bits per heavy atom. The van der Waals surface area contributed by atoms with E-state index in [1.807, 2.05) is 0 Å². The smallest absolute Gasteiger partial charge is 0.264 e. The molecule has 0 aliphatic carbocycles. The number of nitrogen functional groups attached to an aromatic ring is 1. The Morgan fingerprint density at radius 1 is 1.24 bits per heavy atom. The molecule has 1 heterocycles. The van der Waals surface area contributed by atoms with Crippen molar-refractivity contribution in [3.05, 3.63) is 48.4 Å². The first-order valence-corrected chi connectivity index (χ1v) is 7.45. The van der Waals surface area contributed by atoms with E-state index in [1.54, 1.807) is 18.2 Å². The van der Waals surface area contributed by atoms with Gasteiger partial charge in [-0.15, -0.1) is 0 Å². The van der Waals surface area contributed by atoms with Crippen molar-refractivity contribution in [2.24, 2.45) is 0 Å². The van der Waals surface area contributed by atoms with E-state index in [0.29, 0.717) is 16.6 Å². The van der Waals surface area contributed by atoms with Gasteiger partial charge in [0.1, 0.15) is 10.7 Å². The molecule has 3 rings (SSSR count). The Balaban J connectivity index is 2.08. The Morgan fingerprint density at radius 3 is 2.86 bits per heavy atom. The molecule has 108 valence electrons. The van der Waals surface area contributed by atoms with Gasteiger partial charge in [0.2, 0.25) is 0 Å².